The van der Waals surface area contributed by atoms with Gasteiger partial charge in [-0.25, -0.2) is 0 Å². The highest BCUT2D eigenvalue weighted by Crippen LogP contribution is 2.27. The van der Waals surface area contributed by atoms with E-state index in [2.05, 4.69) is 4.98 Å². The number of aromatic nitrogens is 1. The van der Waals surface area contributed by atoms with Crippen molar-refractivity contribution in [2.45, 2.75) is 32.6 Å². The number of ether oxygens (including phenoxy) is 3. The van der Waals surface area contributed by atoms with E-state index in [1.807, 2.05) is 43.3 Å². The Balaban J connectivity index is 1.70. The van der Waals surface area contributed by atoms with Crippen LogP contribution in [0.25, 0.3) is 0 Å². The van der Waals surface area contributed by atoms with Crippen LogP contribution in [0, 0.1) is 6.92 Å². The average Bonchev–Trinajstić information content (AvgIpc) is 2.63. The molecule has 0 bridgehead atoms. The van der Waals surface area contributed by atoms with Crippen molar-refractivity contribution in [2.75, 3.05) is 20.8 Å². The first-order valence-corrected chi connectivity index (χ1v) is 8.41. The van der Waals surface area contributed by atoms with E-state index >= 15 is 0 Å². The van der Waals surface area contributed by atoms with Gasteiger partial charge in [-0.1, -0.05) is 12.1 Å². The molecule has 0 amide bonds. The van der Waals surface area contributed by atoms with Gasteiger partial charge in [-0.15, -0.1) is 0 Å². The largest absolute Gasteiger partial charge is 0.493 e. The summed E-state index contributed by atoms with van der Waals surface area (Å²) in [4.78, 5) is 16.3. The maximum Gasteiger partial charge on any atom is 0.306 e. The van der Waals surface area contributed by atoms with Crippen molar-refractivity contribution in [1.82, 2.24) is 4.98 Å². The van der Waals surface area contributed by atoms with Crippen LogP contribution in [-0.2, 0) is 22.4 Å². The predicted molar refractivity (Wildman–Crippen MR) is 96.1 cm³/mol. The molecule has 25 heavy (non-hydrogen) atoms. The van der Waals surface area contributed by atoms with Crippen LogP contribution in [0.3, 0.4) is 0 Å². The van der Waals surface area contributed by atoms with Crippen molar-refractivity contribution in [3.05, 3.63) is 53.3 Å². The molecule has 0 saturated carbocycles. The molecule has 5 nitrogen and oxygen atoms in total. The predicted octanol–water partition coefficient (Wildman–Crippen LogP) is 3.52. The quantitative estimate of drug-likeness (QED) is 0.515. The molecule has 1 aromatic carbocycles. The van der Waals surface area contributed by atoms with Gasteiger partial charge in [0.15, 0.2) is 11.5 Å². The highest BCUT2D eigenvalue weighted by atomic mass is 16.5. The van der Waals surface area contributed by atoms with Crippen molar-refractivity contribution in [2.24, 2.45) is 0 Å². The standard InChI is InChI=1S/C20H25NO4/c1-15-6-4-7-17(21-15)8-5-13-25-20(22)12-10-16-9-11-18(23-2)19(14-16)24-3/h4,6-7,9,11,14H,5,8,10,12-13H2,1-3H3. The second kappa shape index (κ2) is 9.67. The zero-order valence-corrected chi connectivity index (χ0v) is 15.1. The number of benzene rings is 1. The third-order valence-electron chi connectivity index (χ3n) is 3.85. The summed E-state index contributed by atoms with van der Waals surface area (Å²) in [6.45, 7) is 2.39. The minimum atomic E-state index is -0.188. The van der Waals surface area contributed by atoms with Gasteiger partial charge in [-0.3, -0.25) is 9.78 Å². The number of carbonyl (C=O) groups is 1. The lowest BCUT2D eigenvalue weighted by atomic mass is 10.1. The molecule has 1 aromatic heterocycles. The molecule has 0 atom stereocenters. The Morgan fingerprint density at radius 3 is 2.56 bits per heavy atom. The number of aryl methyl sites for hydroxylation is 3. The number of esters is 1. The molecular formula is C20H25NO4. The van der Waals surface area contributed by atoms with Crippen molar-refractivity contribution in [3.63, 3.8) is 0 Å². The summed E-state index contributed by atoms with van der Waals surface area (Å²) < 4.78 is 15.8. The fourth-order valence-electron chi connectivity index (χ4n) is 2.53. The SMILES string of the molecule is COc1ccc(CCC(=O)OCCCc2cccc(C)n2)cc1OC. The average molecular weight is 343 g/mol. The van der Waals surface area contributed by atoms with Gasteiger partial charge in [-0.2, -0.15) is 0 Å². The maximum absolute atomic E-state index is 11.9. The molecule has 0 aliphatic carbocycles. The monoisotopic (exact) mass is 343 g/mol. The molecule has 0 saturated heterocycles. The van der Waals surface area contributed by atoms with Crippen LogP contribution in [0.5, 0.6) is 11.5 Å². The van der Waals surface area contributed by atoms with E-state index in [4.69, 9.17) is 14.2 Å². The zero-order chi connectivity index (χ0) is 18.1. The molecule has 0 aliphatic heterocycles. The summed E-state index contributed by atoms with van der Waals surface area (Å²) in [5.41, 5.74) is 3.05. The number of methoxy groups -OCH3 is 2. The summed E-state index contributed by atoms with van der Waals surface area (Å²) in [6.07, 6.45) is 2.54. The molecule has 0 spiro atoms. The lowest BCUT2D eigenvalue weighted by Gasteiger charge is -2.09. The molecule has 0 N–H and O–H groups in total. The molecule has 134 valence electrons. The van der Waals surface area contributed by atoms with Crippen LogP contribution < -0.4 is 9.47 Å². The van der Waals surface area contributed by atoms with Gasteiger partial charge in [0.25, 0.3) is 0 Å². The van der Waals surface area contributed by atoms with Gasteiger partial charge in [0.05, 0.1) is 20.8 Å². The summed E-state index contributed by atoms with van der Waals surface area (Å²) in [5, 5.41) is 0. The number of hydrogen-bond donors (Lipinski definition) is 0. The van der Waals surface area contributed by atoms with Crippen LogP contribution in [0.1, 0.15) is 29.8 Å². The Bertz CT molecular complexity index is 700. The summed E-state index contributed by atoms with van der Waals surface area (Å²) in [7, 11) is 3.19. The van der Waals surface area contributed by atoms with E-state index in [0.717, 1.165) is 29.8 Å². The highest BCUT2D eigenvalue weighted by Gasteiger charge is 2.08. The fourth-order valence-corrected chi connectivity index (χ4v) is 2.53. The second-order valence-corrected chi connectivity index (χ2v) is 5.78. The van der Waals surface area contributed by atoms with E-state index in [0.29, 0.717) is 30.9 Å². The lowest BCUT2D eigenvalue weighted by Crippen LogP contribution is -2.08. The molecule has 0 aliphatic rings. The van der Waals surface area contributed by atoms with Gasteiger partial charge in [-0.05, 0) is 56.0 Å². The smallest absolute Gasteiger partial charge is 0.306 e. The molecule has 0 unspecified atom stereocenters. The number of pyridine rings is 1. The Labute approximate surface area is 148 Å². The minimum absolute atomic E-state index is 0.188. The van der Waals surface area contributed by atoms with Crippen molar-refractivity contribution < 1.29 is 19.0 Å². The normalized spacial score (nSPS) is 10.4. The van der Waals surface area contributed by atoms with Gasteiger partial charge < -0.3 is 14.2 Å². The van der Waals surface area contributed by atoms with E-state index in [9.17, 15) is 4.79 Å². The van der Waals surface area contributed by atoms with Crippen molar-refractivity contribution in [3.8, 4) is 11.5 Å². The Morgan fingerprint density at radius 1 is 1.04 bits per heavy atom. The first kappa shape index (κ1) is 18.8. The van der Waals surface area contributed by atoms with E-state index < -0.39 is 0 Å². The molecular weight excluding hydrogens is 318 g/mol. The van der Waals surface area contributed by atoms with E-state index in [1.165, 1.54) is 0 Å². The van der Waals surface area contributed by atoms with E-state index in [-0.39, 0.29) is 5.97 Å². The van der Waals surface area contributed by atoms with Crippen LogP contribution in [0.4, 0.5) is 0 Å². The van der Waals surface area contributed by atoms with Crippen LogP contribution in [-0.4, -0.2) is 31.8 Å². The zero-order valence-electron chi connectivity index (χ0n) is 15.1. The summed E-state index contributed by atoms with van der Waals surface area (Å²) in [6, 6.07) is 11.6. The topological polar surface area (TPSA) is 57.7 Å². The highest BCUT2D eigenvalue weighted by molar-refractivity contribution is 5.69. The molecule has 0 fully saturated rings. The van der Waals surface area contributed by atoms with Crippen LogP contribution >= 0.6 is 0 Å². The third-order valence-corrected chi connectivity index (χ3v) is 3.85. The minimum Gasteiger partial charge on any atom is -0.493 e. The van der Waals surface area contributed by atoms with Gasteiger partial charge in [0, 0.05) is 17.8 Å². The summed E-state index contributed by atoms with van der Waals surface area (Å²) in [5.74, 6) is 1.16. The van der Waals surface area contributed by atoms with Gasteiger partial charge >= 0.3 is 5.97 Å². The molecule has 5 heteroatoms. The molecule has 1 heterocycles. The second-order valence-electron chi connectivity index (χ2n) is 5.78. The first-order chi connectivity index (χ1) is 12.1. The molecule has 2 rings (SSSR count). The van der Waals surface area contributed by atoms with Crippen LogP contribution in [0.2, 0.25) is 0 Å². The fraction of sp³-hybridized carbons (Fsp3) is 0.400. The molecule has 0 radical (unpaired) electrons. The Kier molecular flexibility index (Phi) is 7.26. The molecule has 2 aromatic rings. The van der Waals surface area contributed by atoms with Gasteiger partial charge in [0.2, 0.25) is 0 Å². The van der Waals surface area contributed by atoms with Gasteiger partial charge in [0.1, 0.15) is 0 Å². The van der Waals surface area contributed by atoms with E-state index in [1.54, 1.807) is 14.2 Å². The Hall–Kier alpha value is -2.56. The lowest BCUT2D eigenvalue weighted by molar-refractivity contribution is -0.143. The first-order valence-electron chi connectivity index (χ1n) is 8.41. The Morgan fingerprint density at radius 2 is 1.84 bits per heavy atom. The number of carbonyl (C=O) groups excluding carboxylic acids is 1. The van der Waals surface area contributed by atoms with Crippen molar-refractivity contribution >= 4 is 5.97 Å². The third kappa shape index (κ3) is 6.10. The number of rotatable bonds is 9. The maximum atomic E-state index is 11.9. The summed E-state index contributed by atoms with van der Waals surface area (Å²) >= 11 is 0. The van der Waals surface area contributed by atoms with Crippen LogP contribution in [0.15, 0.2) is 36.4 Å². The number of hydrogen-bond acceptors (Lipinski definition) is 5. The van der Waals surface area contributed by atoms with Crippen molar-refractivity contribution in [1.29, 1.82) is 0 Å². The number of nitrogens with zero attached hydrogens (tertiary/aromatic N) is 1.